The Balaban J connectivity index is 1.94. The molecule has 0 bridgehead atoms. The predicted molar refractivity (Wildman–Crippen MR) is 116 cm³/mol. The van der Waals surface area contributed by atoms with Crippen LogP contribution in [-0.2, 0) is 10.0 Å². The highest BCUT2D eigenvalue weighted by Crippen LogP contribution is 2.28. The molecule has 1 aliphatic heterocycles. The maximum absolute atomic E-state index is 12.8. The number of amides is 1. The van der Waals surface area contributed by atoms with E-state index >= 15 is 0 Å². The molecule has 2 aromatic carbocycles. The third kappa shape index (κ3) is 5.27. The summed E-state index contributed by atoms with van der Waals surface area (Å²) in [5.41, 5.74) is 1.42. The highest BCUT2D eigenvalue weighted by atomic mass is 35.5. The van der Waals surface area contributed by atoms with Gasteiger partial charge in [0, 0.05) is 49.0 Å². The average molecular weight is 437 g/mol. The second-order valence-electron chi connectivity index (χ2n) is 6.94. The van der Waals surface area contributed by atoms with Gasteiger partial charge in [-0.25, -0.2) is 13.1 Å². The number of benzene rings is 2. The molecule has 156 valence electrons. The zero-order valence-electron chi connectivity index (χ0n) is 16.5. The minimum atomic E-state index is -3.75. The highest BCUT2D eigenvalue weighted by Gasteiger charge is 2.25. The molecule has 0 spiro atoms. The van der Waals surface area contributed by atoms with Crippen molar-refractivity contribution in [3.05, 3.63) is 53.1 Å². The van der Waals surface area contributed by atoms with Gasteiger partial charge >= 0.3 is 0 Å². The maximum Gasteiger partial charge on any atom is 0.255 e. The Labute approximate surface area is 176 Å². The zero-order valence-corrected chi connectivity index (χ0v) is 18.1. The molecule has 2 N–H and O–H groups in total. The molecule has 1 aliphatic rings. The number of halogens is 1. The Bertz CT molecular complexity index is 989. The summed E-state index contributed by atoms with van der Waals surface area (Å²) in [6, 6.07) is 11.6. The molecule has 9 heteroatoms. The number of carbonyl (C=O) groups excluding carboxylic acids is 1. The van der Waals surface area contributed by atoms with Crippen molar-refractivity contribution < 1.29 is 13.2 Å². The summed E-state index contributed by atoms with van der Waals surface area (Å²) in [5.74, 6) is -0.398. The maximum atomic E-state index is 12.8. The first-order valence-corrected chi connectivity index (χ1v) is 11.3. The van der Waals surface area contributed by atoms with Gasteiger partial charge in [-0.1, -0.05) is 24.6 Å². The van der Waals surface area contributed by atoms with E-state index in [9.17, 15) is 13.2 Å². The molecule has 7 nitrogen and oxygen atoms in total. The molecule has 0 radical (unpaired) electrons. The molecular weight excluding hydrogens is 412 g/mol. The highest BCUT2D eigenvalue weighted by molar-refractivity contribution is 7.89. The summed E-state index contributed by atoms with van der Waals surface area (Å²) >= 11 is 5.96. The van der Waals surface area contributed by atoms with Crippen LogP contribution in [0.1, 0.15) is 17.3 Å². The van der Waals surface area contributed by atoms with Crippen LogP contribution < -0.4 is 14.9 Å². The number of piperazine rings is 1. The van der Waals surface area contributed by atoms with Crippen LogP contribution in [-0.4, -0.2) is 59.0 Å². The van der Waals surface area contributed by atoms with Crippen LogP contribution in [0.3, 0.4) is 0 Å². The van der Waals surface area contributed by atoms with E-state index in [4.69, 9.17) is 11.6 Å². The van der Waals surface area contributed by atoms with Gasteiger partial charge < -0.3 is 15.1 Å². The summed E-state index contributed by atoms with van der Waals surface area (Å²) in [6.07, 6.45) is 0. The standard InChI is InChI=1S/C20H25ClN4O3S/c1-3-22-29(27,28)19-13-15(20(26)23-17-6-4-5-16(21)14-17)7-8-18(19)25-11-9-24(2)10-12-25/h4-8,13-14,22H,3,9-12H2,1-2H3,(H,23,26). The van der Waals surface area contributed by atoms with Gasteiger partial charge in [-0.05, 0) is 43.4 Å². The number of carbonyl (C=O) groups is 1. The van der Waals surface area contributed by atoms with Crippen molar-refractivity contribution in [2.24, 2.45) is 0 Å². The molecule has 0 unspecified atom stereocenters. The molecule has 0 aliphatic carbocycles. The van der Waals surface area contributed by atoms with Crippen molar-refractivity contribution in [2.75, 3.05) is 50.0 Å². The fourth-order valence-electron chi connectivity index (χ4n) is 3.22. The summed E-state index contributed by atoms with van der Waals surface area (Å²) in [5, 5.41) is 3.26. The van der Waals surface area contributed by atoms with Crippen molar-refractivity contribution >= 4 is 38.9 Å². The lowest BCUT2D eigenvalue weighted by Crippen LogP contribution is -2.45. The molecule has 1 saturated heterocycles. The third-order valence-corrected chi connectivity index (χ3v) is 6.58. The van der Waals surface area contributed by atoms with Crippen molar-refractivity contribution in [2.45, 2.75) is 11.8 Å². The van der Waals surface area contributed by atoms with E-state index in [-0.39, 0.29) is 17.0 Å². The van der Waals surface area contributed by atoms with Crippen LogP contribution >= 0.6 is 11.6 Å². The Kier molecular flexibility index (Phi) is 6.79. The number of sulfonamides is 1. The van der Waals surface area contributed by atoms with Crippen LogP contribution in [0, 0.1) is 0 Å². The van der Waals surface area contributed by atoms with Crippen LogP contribution in [0.25, 0.3) is 0 Å². The fraction of sp³-hybridized carbons (Fsp3) is 0.350. The Hall–Kier alpha value is -2.13. The normalized spacial score (nSPS) is 15.3. The second kappa shape index (κ2) is 9.13. The first-order chi connectivity index (χ1) is 13.8. The van der Waals surface area contributed by atoms with Crippen molar-refractivity contribution in [1.82, 2.24) is 9.62 Å². The van der Waals surface area contributed by atoms with E-state index in [1.54, 1.807) is 43.3 Å². The van der Waals surface area contributed by atoms with E-state index in [0.29, 0.717) is 16.4 Å². The zero-order chi connectivity index (χ0) is 21.0. The first-order valence-electron chi connectivity index (χ1n) is 9.44. The third-order valence-electron chi connectivity index (χ3n) is 4.77. The van der Waals surface area contributed by atoms with E-state index in [1.807, 2.05) is 11.9 Å². The topological polar surface area (TPSA) is 81.7 Å². The van der Waals surface area contributed by atoms with Crippen molar-refractivity contribution in [3.8, 4) is 0 Å². The molecule has 0 aromatic heterocycles. The molecule has 1 fully saturated rings. The molecule has 0 saturated carbocycles. The quantitative estimate of drug-likeness (QED) is 0.727. The number of nitrogens with zero attached hydrogens (tertiary/aromatic N) is 2. The molecule has 29 heavy (non-hydrogen) atoms. The van der Waals surface area contributed by atoms with Crippen LogP contribution in [0.2, 0.25) is 5.02 Å². The smallest absolute Gasteiger partial charge is 0.255 e. The predicted octanol–water partition coefficient (Wildman–Crippen LogP) is 2.64. The minimum absolute atomic E-state index is 0.114. The van der Waals surface area contributed by atoms with Gasteiger partial charge in [0.15, 0.2) is 0 Å². The van der Waals surface area contributed by atoms with Crippen LogP contribution in [0.15, 0.2) is 47.4 Å². The number of anilines is 2. The first kappa shape index (κ1) is 21.6. The molecule has 1 heterocycles. The van der Waals surface area contributed by atoms with Gasteiger partial charge in [-0.15, -0.1) is 0 Å². The molecular formula is C20H25ClN4O3S. The van der Waals surface area contributed by atoms with Gasteiger partial charge in [0.05, 0.1) is 5.69 Å². The lowest BCUT2D eigenvalue weighted by molar-refractivity contribution is 0.102. The Morgan fingerprint density at radius 1 is 1.10 bits per heavy atom. The molecule has 1 amide bonds. The van der Waals surface area contributed by atoms with Gasteiger partial charge in [0.25, 0.3) is 5.91 Å². The number of hydrogen-bond donors (Lipinski definition) is 2. The average Bonchev–Trinajstić information content (AvgIpc) is 2.68. The monoisotopic (exact) mass is 436 g/mol. The second-order valence-corrected chi connectivity index (χ2v) is 9.11. The number of likely N-dealkylation sites (N-methyl/N-ethyl adjacent to an activating group) is 1. The Morgan fingerprint density at radius 3 is 2.48 bits per heavy atom. The summed E-state index contributed by atoms with van der Waals surface area (Å²) in [4.78, 5) is 17.1. The fourth-order valence-corrected chi connectivity index (χ4v) is 4.70. The van der Waals surface area contributed by atoms with E-state index in [1.165, 1.54) is 6.07 Å². The molecule has 0 atom stereocenters. The lowest BCUT2D eigenvalue weighted by Gasteiger charge is -2.35. The van der Waals surface area contributed by atoms with Crippen molar-refractivity contribution in [1.29, 1.82) is 0 Å². The molecule has 2 aromatic rings. The van der Waals surface area contributed by atoms with E-state index in [2.05, 4.69) is 14.9 Å². The number of nitrogens with one attached hydrogen (secondary N) is 2. The number of rotatable bonds is 6. The van der Waals surface area contributed by atoms with Gasteiger partial charge in [0.2, 0.25) is 10.0 Å². The van der Waals surface area contributed by atoms with Gasteiger partial charge in [-0.2, -0.15) is 0 Å². The summed E-state index contributed by atoms with van der Waals surface area (Å²) in [6.45, 7) is 5.13. The van der Waals surface area contributed by atoms with Gasteiger partial charge in [-0.3, -0.25) is 4.79 Å². The van der Waals surface area contributed by atoms with E-state index in [0.717, 1.165) is 26.2 Å². The lowest BCUT2D eigenvalue weighted by atomic mass is 10.1. The van der Waals surface area contributed by atoms with Crippen LogP contribution in [0.5, 0.6) is 0 Å². The number of hydrogen-bond acceptors (Lipinski definition) is 5. The van der Waals surface area contributed by atoms with Gasteiger partial charge in [0.1, 0.15) is 4.90 Å². The van der Waals surface area contributed by atoms with Crippen molar-refractivity contribution in [3.63, 3.8) is 0 Å². The minimum Gasteiger partial charge on any atom is -0.368 e. The molecule has 3 rings (SSSR count). The van der Waals surface area contributed by atoms with E-state index < -0.39 is 15.9 Å². The van der Waals surface area contributed by atoms with Crippen LogP contribution in [0.4, 0.5) is 11.4 Å². The largest absolute Gasteiger partial charge is 0.368 e. The SMILES string of the molecule is CCNS(=O)(=O)c1cc(C(=O)Nc2cccc(Cl)c2)ccc1N1CCN(C)CC1. The Morgan fingerprint density at radius 2 is 1.83 bits per heavy atom. The summed E-state index contributed by atoms with van der Waals surface area (Å²) in [7, 11) is -1.71. The summed E-state index contributed by atoms with van der Waals surface area (Å²) < 4.78 is 28.2.